The topological polar surface area (TPSA) is 114 Å². The maximum Gasteiger partial charge on any atom is 0.258 e. The van der Waals surface area contributed by atoms with Gasteiger partial charge < -0.3 is 39.1 Å². The number of hydrogen-bond acceptors (Lipinski definition) is 8. The Morgan fingerprint density at radius 2 is 0.960 bits per heavy atom. The van der Waals surface area contributed by atoms with Crippen LogP contribution in [0.4, 0.5) is 0 Å². The van der Waals surface area contributed by atoms with Crippen LogP contribution in [0, 0.1) is 12.8 Å². The third-order valence-corrected chi connectivity index (χ3v) is 7.56. The van der Waals surface area contributed by atoms with Gasteiger partial charge >= 0.3 is 0 Å². The Balaban J connectivity index is 1.08. The number of ether oxygens (including phenoxy) is 6. The summed E-state index contributed by atoms with van der Waals surface area (Å²) in [5, 5.41) is 5.48. The third kappa shape index (κ3) is 12.3. The SMILES string of the molecule is COc1ccc(CC[C]c2cccc(OCC(=O)NCCNC(=O)COc3cccc([C]CCc4ccc(OC)c(OC)c4)c3)c2)cc1OC. The van der Waals surface area contributed by atoms with Gasteiger partial charge in [-0.3, -0.25) is 9.59 Å². The second-order valence-corrected chi connectivity index (χ2v) is 11.1. The summed E-state index contributed by atoms with van der Waals surface area (Å²) >= 11 is 0. The molecule has 2 N–H and O–H groups in total. The molecule has 4 aromatic carbocycles. The minimum Gasteiger partial charge on any atom is -0.493 e. The standard InChI is InChI=1S/C40H44N2O8/c1-45-35-19-17-31(25-37(35)47-3)11-5-9-29-13-7-15-33(23-29)49-27-39(43)41-21-22-42-40(44)28-50-34-16-8-14-30(24-34)10-6-12-32-18-20-36(46-2)38(26-32)48-4/h7-8,13-20,23-26H,5-6,11-12,21-22,27-28H2,1-4H3,(H,41,43)(H,42,44). The predicted molar refractivity (Wildman–Crippen MR) is 190 cm³/mol. The lowest BCUT2D eigenvalue weighted by atomic mass is 10.0. The summed E-state index contributed by atoms with van der Waals surface area (Å²) in [6.07, 6.45) is 9.70. The molecule has 0 aliphatic carbocycles. The molecular formula is C40H44N2O8. The molecule has 4 aromatic rings. The normalized spacial score (nSPS) is 10.6. The Hall–Kier alpha value is -5.38. The van der Waals surface area contributed by atoms with Gasteiger partial charge in [-0.2, -0.15) is 0 Å². The molecule has 4 rings (SSSR count). The monoisotopic (exact) mass is 680 g/mol. The molecule has 10 heteroatoms. The van der Waals surface area contributed by atoms with Crippen molar-refractivity contribution in [2.75, 3.05) is 54.7 Å². The van der Waals surface area contributed by atoms with E-state index in [4.69, 9.17) is 28.4 Å². The van der Waals surface area contributed by atoms with Crippen LogP contribution in [0.25, 0.3) is 0 Å². The van der Waals surface area contributed by atoms with Crippen molar-refractivity contribution in [3.8, 4) is 34.5 Å². The van der Waals surface area contributed by atoms with Crippen molar-refractivity contribution < 1.29 is 38.0 Å². The molecule has 0 fully saturated rings. The minimum atomic E-state index is -0.294. The number of methoxy groups -OCH3 is 4. The number of benzene rings is 4. The highest BCUT2D eigenvalue weighted by atomic mass is 16.5. The Kier molecular flexibility index (Phi) is 15.1. The predicted octanol–water partition coefficient (Wildman–Crippen LogP) is 5.54. The smallest absolute Gasteiger partial charge is 0.258 e. The summed E-state index contributed by atoms with van der Waals surface area (Å²) in [5.41, 5.74) is 3.98. The molecule has 0 aromatic heterocycles. The second kappa shape index (κ2) is 20.2. The van der Waals surface area contributed by atoms with Crippen LogP contribution in [0.1, 0.15) is 35.1 Å². The van der Waals surface area contributed by atoms with Gasteiger partial charge in [-0.05, 0) is 96.5 Å². The minimum absolute atomic E-state index is 0.148. The van der Waals surface area contributed by atoms with Gasteiger partial charge in [0.15, 0.2) is 36.2 Å². The van der Waals surface area contributed by atoms with Gasteiger partial charge in [0.1, 0.15) is 11.5 Å². The van der Waals surface area contributed by atoms with Gasteiger partial charge in [-0.1, -0.05) is 36.4 Å². The molecule has 10 nitrogen and oxygen atoms in total. The van der Waals surface area contributed by atoms with Crippen LogP contribution in [0.5, 0.6) is 34.5 Å². The van der Waals surface area contributed by atoms with Gasteiger partial charge in [0.2, 0.25) is 0 Å². The maximum absolute atomic E-state index is 12.3. The number of aryl methyl sites for hydroxylation is 2. The van der Waals surface area contributed by atoms with Crippen molar-refractivity contribution in [1.82, 2.24) is 10.6 Å². The van der Waals surface area contributed by atoms with E-state index in [0.717, 1.165) is 35.1 Å². The first-order chi connectivity index (χ1) is 24.4. The van der Waals surface area contributed by atoms with E-state index in [1.807, 2.05) is 72.8 Å². The molecule has 0 heterocycles. The summed E-state index contributed by atoms with van der Waals surface area (Å²) in [6, 6.07) is 26.6. The molecule has 262 valence electrons. The number of hydrogen-bond donors (Lipinski definition) is 2. The first-order valence-electron chi connectivity index (χ1n) is 16.3. The number of carbonyl (C=O) groups is 2. The molecule has 0 atom stereocenters. The first kappa shape index (κ1) is 37.4. The number of rotatable bonds is 21. The molecule has 4 radical (unpaired) electrons. The zero-order valence-corrected chi connectivity index (χ0v) is 29.0. The van der Waals surface area contributed by atoms with Gasteiger partial charge in [-0.25, -0.2) is 0 Å². The molecule has 50 heavy (non-hydrogen) atoms. The summed E-state index contributed by atoms with van der Waals surface area (Å²) in [6.45, 7) is 0.214. The summed E-state index contributed by atoms with van der Waals surface area (Å²) < 4.78 is 32.7. The molecule has 0 aliphatic rings. The molecule has 0 saturated carbocycles. The lowest BCUT2D eigenvalue weighted by Gasteiger charge is -2.11. The van der Waals surface area contributed by atoms with Crippen LogP contribution >= 0.6 is 0 Å². The average molecular weight is 681 g/mol. The van der Waals surface area contributed by atoms with Gasteiger partial charge in [0.25, 0.3) is 11.8 Å². The van der Waals surface area contributed by atoms with Crippen molar-refractivity contribution >= 4 is 11.8 Å². The highest BCUT2D eigenvalue weighted by molar-refractivity contribution is 5.78. The van der Waals surface area contributed by atoms with Crippen LogP contribution in [0.15, 0.2) is 84.9 Å². The number of carbonyl (C=O) groups excluding carboxylic acids is 2. The molecule has 0 bridgehead atoms. The summed E-state index contributed by atoms with van der Waals surface area (Å²) in [7, 11) is 6.46. The van der Waals surface area contributed by atoms with E-state index in [9.17, 15) is 9.59 Å². The number of amides is 2. The van der Waals surface area contributed by atoms with Crippen LogP contribution in [-0.4, -0.2) is 66.6 Å². The van der Waals surface area contributed by atoms with Crippen LogP contribution < -0.4 is 39.1 Å². The molecule has 0 spiro atoms. The van der Waals surface area contributed by atoms with E-state index in [1.54, 1.807) is 40.6 Å². The van der Waals surface area contributed by atoms with E-state index in [1.165, 1.54) is 0 Å². The molecule has 0 saturated heterocycles. The highest BCUT2D eigenvalue weighted by Gasteiger charge is 2.09. The Labute approximate surface area is 295 Å². The van der Waals surface area contributed by atoms with Crippen molar-refractivity contribution in [2.24, 2.45) is 0 Å². The summed E-state index contributed by atoms with van der Waals surface area (Å²) in [5.74, 6) is 3.33. The van der Waals surface area contributed by atoms with Crippen molar-refractivity contribution in [3.05, 3.63) is 120 Å². The quantitative estimate of drug-likeness (QED) is 0.111. The van der Waals surface area contributed by atoms with E-state index in [-0.39, 0.29) is 38.1 Å². The summed E-state index contributed by atoms with van der Waals surface area (Å²) in [4.78, 5) is 24.6. The molecule has 0 unspecified atom stereocenters. The van der Waals surface area contributed by atoms with Gasteiger partial charge in [-0.15, -0.1) is 0 Å². The molecular weight excluding hydrogens is 636 g/mol. The van der Waals surface area contributed by atoms with E-state index in [2.05, 4.69) is 23.5 Å². The molecule has 2 amide bonds. The van der Waals surface area contributed by atoms with Crippen LogP contribution in [0.2, 0.25) is 0 Å². The maximum atomic E-state index is 12.3. The molecule has 0 aliphatic heterocycles. The highest BCUT2D eigenvalue weighted by Crippen LogP contribution is 2.29. The average Bonchev–Trinajstić information content (AvgIpc) is 3.15. The number of nitrogens with one attached hydrogen (secondary N) is 2. The Morgan fingerprint density at radius 1 is 0.540 bits per heavy atom. The van der Waals surface area contributed by atoms with Gasteiger partial charge in [0.05, 0.1) is 28.4 Å². The third-order valence-electron chi connectivity index (χ3n) is 7.56. The van der Waals surface area contributed by atoms with E-state index < -0.39 is 0 Å². The zero-order chi connectivity index (χ0) is 35.6. The Bertz CT molecular complexity index is 1550. The fraction of sp³-hybridized carbons (Fsp3) is 0.300. The first-order valence-corrected chi connectivity index (χ1v) is 16.3. The second-order valence-electron chi connectivity index (χ2n) is 11.1. The lowest BCUT2D eigenvalue weighted by molar-refractivity contribution is -0.124. The fourth-order valence-corrected chi connectivity index (χ4v) is 4.97. The largest absolute Gasteiger partial charge is 0.493 e. The Morgan fingerprint density at radius 3 is 1.36 bits per heavy atom. The lowest BCUT2D eigenvalue weighted by Crippen LogP contribution is -2.38. The zero-order valence-electron chi connectivity index (χ0n) is 29.0. The van der Waals surface area contributed by atoms with E-state index >= 15 is 0 Å². The van der Waals surface area contributed by atoms with E-state index in [0.29, 0.717) is 47.3 Å². The fourth-order valence-electron chi connectivity index (χ4n) is 4.97. The van der Waals surface area contributed by atoms with Crippen LogP contribution in [-0.2, 0) is 22.4 Å². The van der Waals surface area contributed by atoms with Crippen molar-refractivity contribution in [2.45, 2.75) is 25.7 Å². The van der Waals surface area contributed by atoms with Crippen molar-refractivity contribution in [3.63, 3.8) is 0 Å². The van der Waals surface area contributed by atoms with Gasteiger partial charge in [0, 0.05) is 25.9 Å². The van der Waals surface area contributed by atoms with Crippen molar-refractivity contribution in [1.29, 1.82) is 0 Å². The van der Waals surface area contributed by atoms with Crippen LogP contribution in [0.3, 0.4) is 0 Å².